The van der Waals surface area contributed by atoms with E-state index in [1.54, 1.807) is 0 Å². The first-order chi connectivity index (χ1) is 32.1. The van der Waals surface area contributed by atoms with Gasteiger partial charge in [0.1, 0.15) is 6.10 Å². The summed E-state index contributed by atoms with van der Waals surface area (Å²) in [5, 5.41) is 33.7. The van der Waals surface area contributed by atoms with Gasteiger partial charge in [0.2, 0.25) is 5.91 Å². The molecule has 0 aromatic rings. The zero-order valence-electron chi connectivity index (χ0n) is 43.6. The van der Waals surface area contributed by atoms with E-state index in [9.17, 15) is 20.1 Å². The van der Waals surface area contributed by atoms with Crippen molar-refractivity contribution in [1.82, 2.24) is 5.32 Å². The molecule has 0 spiro atoms. The quantitative estimate of drug-likeness (QED) is 0.0361. The van der Waals surface area contributed by atoms with Crippen molar-refractivity contribution in [1.29, 1.82) is 0 Å². The Balaban J connectivity index is 3.55. The first-order valence-electron chi connectivity index (χ1n) is 28.9. The minimum Gasteiger partial charge on any atom is -0.394 e. The van der Waals surface area contributed by atoms with Crippen LogP contribution in [0.2, 0.25) is 0 Å². The van der Waals surface area contributed by atoms with Crippen LogP contribution < -0.4 is 5.32 Å². The van der Waals surface area contributed by atoms with E-state index < -0.39 is 18.2 Å². The number of carbonyl (C=O) groups excluding carboxylic acids is 1. The number of carbonyl (C=O) groups is 1. The molecule has 382 valence electrons. The number of amides is 1. The van der Waals surface area contributed by atoms with Gasteiger partial charge in [-0.05, 0) is 83.5 Å². The average Bonchev–Trinajstić information content (AvgIpc) is 3.31. The normalized spacial score (nSPS) is 13.6. The molecule has 0 aliphatic heterocycles. The number of aliphatic hydroxyl groups excluding tert-OH is 3. The van der Waals surface area contributed by atoms with E-state index in [2.05, 4.69) is 67.8 Å². The molecule has 0 fully saturated rings. The second-order valence-corrected chi connectivity index (χ2v) is 19.8. The Bertz CT molecular complexity index is 1050. The van der Waals surface area contributed by atoms with Crippen LogP contribution in [0.5, 0.6) is 0 Å². The van der Waals surface area contributed by atoms with Crippen molar-refractivity contribution < 1.29 is 20.1 Å². The van der Waals surface area contributed by atoms with Crippen molar-refractivity contribution in [3.05, 3.63) is 48.6 Å². The molecule has 0 saturated heterocycles. The SMILES string of the molecule is CCCCCCCCCCC/C=C\C/C=C\CCCCCCCCCCCCCCCCCCCC(=O)NC(CO)C(O)C(O)CCC/C=C/CC/C=C/CCCCCCCCCCC. The average molecular weight is 913 g/mol. The van der Waals surface area contributed by atoms with Gasteiger partial charge in [0.25, 0.3) is 0 Å². The van der Waals surface area contributed by atoms with Crippen molar-refractivity contribution in [2.45, 2.75) is 321 Å². The maximum Gasteiger partial charge on any atom is 0.220 e. The molecule has 5 nitrogen and oxygen atoms in total. The Morgan fingerprint density at radius 2 is 0.677 bits per heavy atom. The molecule has 0 heterocycles. The van der Waals surface area contributed by atoms with E-state index in [-0.39, 0.29) is 12.5 Å². The van der Waals surface area contributed by atoms with E-state index in [1.165, 1.54) is 225 Å². The molecule has 5 heteroatoms. The third-order valence-electron chi connectivity index (χ3n) is 13.4. The van der Waals surface area contributed by atoms with E-state index in [4.69, 9.17) is 0 Å². The number of allylic oxidation sites excluding steroid dienone is 8. The number of rotatable bonds is 53. The molecule has 65 heavy (non-hydrogen) atoms. The van der Waals surface area contributed by atoms with Gasteiger partial charge in [0.15, 0.2) is 0 Å². The van der Waals surface area contributed by atoms with Gasteiger partial charge in [0.05, 0.1) is 18.8 Å². The summed E-state index contributed by atoms with van der Waals surface area (Å²) >= 11 is 0. The van der Waals surface area contributed by atoms with Crippen LogP contribution >= 0.6 is 0 Å². The van der Waals surface area contributed by atoms with Gasteiger partial charge in [-0.3, -0.25) is 4.79 Å². The minimum absolute atomic E-state index is 0.156. The highest BCUT2D eigenvalue weighted by molar-refractivity contribution is 5.76. The number of nitrogens with one attached hydrogen (secondary N) is 1. The van der Waals surface area contributed by atoms with Crippen molar-refractivity contribution in [3.8, 4) is 0 Å². The molecule has 1 amide bonds. The fourth-order valence-electron chi connectivity index (χ4n) is 8.92. The highest BCUT2D eigenvalue weighted by atomic mass is 16.3. The number of hydrogen-bond acceptors (Lipinski definition) is 4. The van der Waals surface area contributed by atoms with Crippen LogP contribution in [0.3, 0.4) is 0 Å². The molecule has 0 radical (unpaired) electrons. The zero-order chi connectivity index (χ0) is 47.2. The van der Waals surface area contributed by atoms with E-state index in [0.29, 0.717) is 12.8 Å². The van der Waals surface area contributed by atoms with Crippen LogP contribution in [0.1, 0.15) is 303 Å². The summed E-state index contributed by atoms with van der Waals surface area (Å²) in [4.78, 5) is 12.5. The van der Waals surface area contributed by atoms with Crippen molar-refractivity contribution in [2.24, 2.45) is 0 Å². The molecule has 0 bridgehead atoms. The first kappa shape index (κ1) is 63.3. The maximum atomic E-state index is 12.5. The summed E-state index contributed by atoms with van der Waals surface area (Å²) in [5.74, 6) is -0.156. The van der Waals surface area contributed by atoms with Crippen molar-refractivity contribution in [3.63, 3.8) is 0 Å². The van der Waals surface area contributed by atoms with Gasteiger partial charge in [-0.1, -0.05) is 262 Å². The van der Waals surface area contributed by atoms with Gasteiger partial charge >= 0.3 is 0 Å². The van der Waals surface area contributed by atoms with Crippen LogP contribution in [0.15, 0.2) is 48.6 Å². The first-order valence-corrected chi connectivity index (χ1v) is 28.9. The van der Waals surface area contributed by atoms with Crippen molar-refractivity contribution in [2.75, 3.05) is 6.61 Å². The summed E-state index contributed by atoms with van der Waals surface area (Å²) in [6.45, 7) is 4.18. The standard InChI is InChI=1S/C60H113NO4/c1-3-5-7-9-11-13-15-17-19-21-23-24-25-26-27-28-29-30-31-32-33-34-35-36-37-39-41-43-45-47-49-51-53-55-59(64)61-57(56-62)60(65)58(63)54-52-50-48-46-44-42-40-38-22-20-18-16-14-12-10-8-6-4-2/h23-24,26-27,38,40,46,48,57-58,60,62-63,65H,3-22,25,28-37,39,41-45,47,49-56H2,1-2H3,(H,61,64)/b24-23-,27-26-,40-38+,48-46+. The van der Waals surface area contributed by atoms with E-state index >= 15 is 0 Å². The van der Waals surface area contributed by atoms with Gasteiger partial charge < -0.3 is 20.6 Å². The lowest BCUT2D eigenvalue weighted by Crippen LogP contribution is -2.50. The number of unbranched alkanes of at least 4 members (excludes halogenated alkanes) is 37. The molecular weight excluding hydrogens is 799 g/mol. The zero-order valence-corrected chi connectivity index (χ0v) is 43.6. The Hall–Kier alpha value is -1.69. The molecule has 0 aliphatic rings. The Morgan fingerprint density at radius 1 is 0.385 bits per heavy atom. The lowest BCUT2D eigenvalue weighted by molar-refractivity contribution is -0.124. The number of hydrogen-bond donors (Lipinski definition) is 4. The van der Waals surface area contributed by atoms with Crippen molar-refractivity contribution >= 4 is 5.91 Å². The highest BCUT2D eigenvalue weighted by Crippen LogP contribution is 2.17. The molecule has 3 atom stereocenters. The van der Waals surface area contributed by atoms with Gasteiger partial charge in [-0.2, -0.15) is 0 Å². The molecule has 0 aromatic carbocycles. The van der Waals surface area contributed by atoms with Crippen LogP contribution in [-0.4, -0.2) is 46.1 Å². The predicted octanol–water partition coefficient (Wildman–Crippen LogP) is 18.0. The summed E-state index contributed by atoms with van der Waals surface area (Å²) in [6, 6.07) is -0.833. The molecule has 0 aromatic heterocycles. The van der Waals surface area contributed by atoms with Gasteiger partial charge in [-0.15, -0.1) is 0 Å². The summed E-state index contributed by atoms with van der Waals surface area (Å²) in [6.07, 6.45) is 72.8. The van der Waals surface area contributed by atoms with Gasteiger partial charge in [-0.25, -0.2) is 0 Å². The molecule has 4 N–H and O–H groups in total. The van der Waals surface area contributed by atoms with Crippen LogP contribution in [-0.2, 0) is 4.79 Å². The topological polar surface area (TPSA) is 89.8 Å². The second-order valence-electron chi connectivity index (χ2n) is 19.8. The predicted molar refractivity (Wildman–Crippen MR) is 287 cm³/mol. The Kier molecular flexibility index (Phi) is 53.5. The molecule has 0 aliphatic carbocycles. The fraction of sp³-hybridized carbons (Fsp3) is 0.850. The monoisotopic (exact) mass is 912 g/mol. The second kappa shape index (κ2) is 54.9. The Morgan fingerprint density at radius 3 is 1.03 bits per heavy atom. The lowest BCUT2D eigenvalue weighted by Gasteiger charge is -2.26. The van der Waals surface area contributed by atoms with Crippen LogP contribution in [0.4, 0.5) is 0 Å². The summed E-state index contributed by atoms with van der Waals surface area (Å²) < 4.78 is 0. The Labute approximate surface area is 406 Å². The largest absolute Gasteiger partial charge is 0.394 e. The minimum atomic E-state index is -1.17. The molecule has 0 rings (SSSR count). The molecule has 3 unspecified atom stereocenters. The maximum absolute atomic E-state index is 12.5. The van der Waals surface area contributed by atoms with Crippen LogP contribution in [0, 0.1) is 0 Å². The van der Waals surface area contributed by atoms with E-state index in [0.717, 1.165) is 51.4 Å². The van der Waals surface area contributed by atoms with Crippen LogP contribution in [0.25, 0.3) is 0 Å². The van der Waals surface area contributed by atoms with E-state index in [1.807, 2.05) is 0 Å². The highest BCUT2D eigenvalue weighted by Gasteiger charge is 2.26. The summed E-state index contributed by atoms with van der Waals surface area (Å²) in [7, 11) is 0. The third kappa shape index (κ3) is 50.0. The molecular formula is C60H113NO4. The smallest absolute Gasteiger partial charge is 0.220 e. The summed E-state index contributed by atoms with van der Waals surface area (Å²) in [5.41, 5.74) is 0. The fourth-order valence-corrected chi connectivity index (χ4v) is 8.92. The third-order valence-corrected chi connectivity index (χ3v) is 13.4. The molecule has 0 saturated carbocycles. The lowest BCUT2D eigenvalue weighted by atomic mass is 10.0. The number of aliphatic hydroxyl groups is 3. The van der Waals surface area contributed by atoms with Gasteiger partial charge in [0, 0.05) is 6.42 Å².